The smallest absolute Gasteiger partial charge is 0.164 e. The fourth-order valence-electron chi connectivity index (χ4n) is 7.02. The van der Waals surface area contributed by atoms with Crippen molar-refractivity contribution in [2.75, 3.05) is 0 Å². The molecular formula is C46H28N4O. The van der Waals surface area contributed by atoms with Gasteiger partial charge in [0, 0.05) is 50.0 Å². The average Bonchev–Trinajstić information content (AvgIpc) is 3.59. The van der Waals surface area contributed by atoms with E-state index in [1.54, 1.807) is 0 Å². The molecule has 0 aliphatic heterocycles. The summed E-state index contributed by atoms with van der Waals surface area (Å²) < 4.78 is 6.60. The van der Waals surface area contributed by atoms with Gasteiger partial charge in [0.2, 0.25) is 0 Å². The van der Waals surface area contributed by atoms with Crippen LogP contribution in [-0.4, -0.2) is 19.9 Å². The van der Waals surface area contributed by atoms with Gasteiger partial charge in [0.15, 0.2) is 17.5 Å². The Morgan fingerprint density at radius 3 is 1.76 bits per heavy atom. The van der Waals surface area contributed by atoms with Crippen molar-refractivity contribution in [3.8, 4) is 56.4 Å². The second-order valence-corrected chi connectivity index (χ2v) is 12.7. The van der Waals surface area contributed by atoms with Gasteiger partial charge in [-0.2, -0.15) is 0 Å². The van der Waals surface area contributed by atoms with Crippen LogP contribution in [0.15, 0.2) is 174 Å². The van der Waals surface area contributed by atoms with Crippen molar-refractivity contribution in [1.29, 1.82) is 0 Å². The molecular weight excluding hydrogens is 625 g/mol. The minimum atomic E-state index is 0.607. The number of furan rings is 1. The van der Waals surface area contributed by atoms with Gasteiger partial charge in [0.25, 0.3) is 0 Å². The fourth-order valence-corrected chi connectivity index (χ4v) is 7.02. The molecule has 238 valence electrons. The summed E-state index contributed by atoms with van der Waals surface area (Å²) >= 11 is 0. The topological polar surface area (TPSA) is 64.7 Å². The van der Waals surface area contributed by atoms with Crippen molar-refractivity contribution in [3.05, 3.63) is 170 Å². The lowest BCUT2D eigenvalue weighted by atomic mass is 9.93. The van der Waals surface area contributed by atoms with E-state index in [0.717, 1.165) is 77.2 Å². The molecule has 10 aromatic rings. The fraction of sp³-hybridized carbons (Fsp3) is 0. The Labute approximate surface area is 293 Å². The second-order valence-electron chi connectivity index (χ2n) is 12.7. The van der Waals surface area contributed by atoms with Crippen molar-refractivity contribution < 1.29 is 4.42 Å². The van der Waals surface area contributed by atoms with Gasteiger partial charge in [0.05, 0.1) is 5.52 Å². The number of para-hydroxylation sites is 2. The molecule has 5 nitrogen and oxygen atoms in total. The summed E-state index contributed by atoms with van der Waals surface area (Å²) in [6.45, 7) is 0. The standard InChI is InChI=1S/C46H28N4O/c1-3-12-29(13-4-1)44-48-45(30-14-5-2-6-15-30)50-46(49-44)33-17-11-16-32(25-33)39-26-34(27-40-38-19-8-10-21-42(38)51-43(39)40)31-22-23-36-35(24-31)28-47-41-20-9-7-18-37(36)41/h1-28H. The number of hydrogen-bond donors (Lipinski definition) is 0. The van der Waals surface area contributed by atoms with Crippen LogP contribution < -0.4 is 0 Å². The third-order valence-electron chi connectivity index (χ3n) is 9.53. The van der Waals surface area contributed by atoms with Crippen LogP contribution in [0.25, 0.3) is 100 Å². The lowest BCUT2D eigenvalue weighted by Gasteiger charge is -2.12. The molecule has 3 heterocycles. The molecule has 0 radical (unpaired) electrons. The molecule has 0 aliphatic rings. The van der Waals surface area contributed by atoms with E-state index >= 15 is 0 Å². The van der Waals surface area contributed by atoms with Crippen LogP contribution in [0.3, 0.4) is 0 Å². The predicted octanol–water partition coefficient (Wildman–Crippen LogP) is 11.8. The largest absolute Gasteiger partial charge is 0.455 e. The third-order valence-corrected chi connectivity index (χ3v) is 9.53. The lowest BCUT2D eigenvalue weighted by molar-refractivity contribution is 0.670. The van der Waals surface area contributed by atoms with Crippen LogP contribution in [-0.2, 0) is 0 Å². The van der Waals surface area contributed by atoms with Gasteiger partial charge >= 0.3 is 0 Å². The lowest BCUT2D eigenvalue weighted by Crippen LogP contribution is -2.00. The SMILES string of the molecule is c1ccc(-c2nc(-c3ccccc3)nc(-c3cccc(-c4cc(-c5ccc6c(cnc7ccccc76)c5)cc5c4oc4ccccc45)c3)n2)cc1. The van der Waals surface area contributed by atoms with Gasteiger partial charge in [0.1, 0.15) is 11.2 Å². The Morgan fingerprint density at radius 1 is 0.373 bits per heavy atom. The normalized spacial score (nSPS) is 11.5. The maximum Gasteiger partial charge on any atom is 0.164 e. The molecule has 51 heavy (non-hydrogen) atoms. The first kappa shape index (κ1) is 29.0. The van der Waals surface area contributed by atoms with E-state index in [0.29, 0.717) is 17.5 Å². The third kappa shape index (κ3) is 5.11. The Morgan fingerprint density at radius 2 is 1.00 bits per heavy atom. The number of hydrogen-bond acceptors (Lipinski definition) is 5. The van der Waals surface area contributed by atoms with E-state index < -0.39 is 0 Å². The van der Waals surface area contributed by atoms with E-state index in [4.69, 9.17) is 24.4 Å². The molecule has 0 spiro atoms. The van der Waals surface area contributed by atoms with Crippen LogP contribution in [0.4, 0.5) is 0 Å². The second kappa shape index (κ2) is 11.9. The number of benzene rings is 7. The average molecular weight is 653 g/mol. The first-order valence-electron chi connectivity index (χ1n) is 17.0. The highest BCUT2D eigenvalue weighted by atomic mass is 16.3. The quantitative estimate of drug-likeness (QED) is 0.173. The number of rotatable bonds is 5. The summed E-state index contributed by atoms with van der Waals surface area (Å²) in [5.41, 5.74) is 9.68. The molecule has 0 atom stereocenters. The number of pyridine rings is 1. The highest BCUT2D eigenvalue weighted by Gasteiger charge is 2.18. The van der Waals surface area contributed by atoms with E-state index in [-0.39, 0.29) is 0 Å². The molecule has 5 heteroatoms. The first-order chi connectivity index (χ1) is 25.2. The molecule has 0 fully saturated rings. The Bertz CT molecular complexity index is 2860. The van der Waals surface area contributed by atoms with E-state index in [1.165, 1.54) is 5.39 Å². The molecule has 3 aromatic heterocycles. The summed E-state index contributed by atoms with van der Waals surface area (Å²) in [6.07, 6.45) is 1.97. The zero-order valence-electron chi connectivity index (χ0n) is 27.4. The molecule has 0 saturated carbocycles. The van der Waals surface area contributed by atoms with Gasteiger partial charge in [-0.15, -0.1) is 0 Å². The van der Waals surface area contributed by atoms with E-state index in [1.807, 2.05) is 85.1 Å². The minimum absolute atomic E-state index is 0.607. The molecule has 0 amide bonds. The monoisotopic (exact) mass is 652 g/mol. The van der Waals surface area contributed by atoms with E-state index in [9.17, 15) is 0 Å². The summed E-state index contributed by atoms with van der Waals surface area (Å²) in [5, 5.41) is 5.59. The van der Waals surface area contributed by atoms with Crippen LogP contribution in [0.2, 0.25) is 0 Å². The van der Waals surface area contributed by atoms with Gasteiger partial charge in [-0.1, -0.05) is 127 Å². The predicted molar refractivity (Wildman–Crippen MR) is 207 cm³/mol. The van der Waals surface area contributed by atoms with Crippen LogP contribution in [0.5, 0.6) is 0 Å². The molecule has 10 rings (SSSR count). The van der Waals surface area contributed by atoms with Crippen LogP contribution >= 0.6 is 0 Å². The Hall–Kier alpha value is -6.98. The van der Waals surface area contributed by atoms with Crippen LogP contribution in [0.1, 0.15) is 0 Å². The van der Waals surface area contributed by atoms with Crippen LogP contribution in [0, 0.1) is 0 Å². The molecule has 0 aliphatic carbocycles. The highest BCUT2D eigenvalue weighted by Crippen LogP contribution is 2.41. The van der Waals surface area contributed by atoms with Crippen molar-refractivity contribution in [1.82, 2.24) is 19.9 Å². The van der Waals surface area contributed by atoms with Crippen molar-refractivity contribution in [3.63, 3.8) is 0 Å². The highest BCUT2D eigenvalue weighted by molar-refractivity contribution is 6.12. The van der Waals surface area contributed by atoms with Gasteiger partial charge in [-0.25, -0.2) is 15.0 Å². The summed E-state index contributed by atoms with van der Waals surface area (Å²) in [7, 11) is 0. The van der Waals surface area contributed by atoms with Gasteiger partial charge in [-0.05, 0) is 58.5 Å². The number of fused-ring (bicyclic) bond motifs is 6. The molecule has 7 aromatic carbocycles. The Balaban J connectivity index is 1.16. The number of nitrogens with zero attached hydrogens (tertiary/aromatic N) is 4. The maximum absolute atomic E-state index is 6.60. The first-order valence-corrected chi connectivity index (χ1v) is 17.0. The summed E-state index contributed by atoms with van der Waals surface area (Å²) in [4.78, 5) is 19.6. The summed E-state index contributed by atoms with van der Waals surface area (Å²) in [5.74, 6) is 1.87. The Kier molecular flexibility index (Phi) is 6.74. The minimum Gasteiger partial charge on any atom is -0.455 e. The van der Waals surface area contributed by atoms with Crippen molar-refractivity contribution in [2.45, 2.75) is 0 Å². The molecule has 0 N–H and O–H groups in total. The maximum atomic E-state index is 6.60. The zero-order chi connectivity index (χ0) is 33.7. The zero-order valence-corrected chi connectivity index (χ0v) is 27.4. The summed E-state index contributed by atoms with van der Waals surface area (Å²) in [6, 6.07) is 56.2. The van der Waals surface area contributed by atoms with Gasteiger partial charge in [-0.3, -0.25) is 4.98 Å². The van der Waals surface area contributed by atoms with E-state index in [2.05, 4.69) is 84.9 Å². The van der Waals surface area contributed by atoms with Crippen molar-refractivity contribution >= 4 is 43.6 Å². The van der Waals surface area contributed by atoms with Gasteiger partial charge < -0.3 is 4.42 Å². The molecule has 0 unspecified atom stereocenters. The molecule has 0 saturated heterocycles. The number of aromatic nitrogens is 4. The molecule has 0 bridgehead atoms. The van der Waals surface area contributed by atoms with Crippen molar-refractivity contribution in [2.24, 2.45) is 0 Å².